The number of thiophene rings is 1. The summed E-state index contributed by atoms with van der Waals surface area (Å²) in [6.07, 6.45) is -2.46. The van der Waals surface area contributed by atoms with Crippen LogP contribution in [0, 0.1) is 0 Å². The van der Waals surface area contributed by atoms with E-state index in [4.69, 9.17) is 0 Å². The van der Waals surface area contributed by atoms with Crippen molar-refractivity contribution in [3.63, 3.8) is 0 Å². The Balaban J connectivity index is 1.37. The van der Waals surface area contributed by atoms with E-state index in [9.17, 15) is 22.8 Å². The van der Waals surface area contributed by atoms with Gasteiger partial charge in [-0.1, -0.05) is 6.07 Å². The fourth-order valence-corrected chi connectivity index (χ4v) is 4.78. The third-order valence-corrected chi connectivity index (χ3v) is 6.71. The largest absolute Gasteiger partial charge is 0.416 e. The zero-order valence-corrected chi connectivity index (χ0v) is 18.3. The van der Waals surface area contributed by atoms with Gasteiger partial charge in [0.05, 0.1) is 28.4 Å². The van der Waals surface area contributed by atoms with Crippen LogP contribution in [0.15, 0.2) is 35.7 Å². The predicted octanol–water partition coefficient (Wildman–Crippen LogP) is 3.76. The van der Waals surface area contributed by atoms with Crippen LogP contribution in [0.4, 0.5) is 24.5 Å². The molecule has 0 bridgehead atoms. The molecular weight excluding hydrogens is 441 g/mol. The Morgan fingerprint density at radius 3 is 2.28 bits per heavy atom. The molecule has 4 rings (SSSR count). The molecule has 0 radical (unpaired) electrons. The second-order valence-corrected chi connectivity index (χ2v) is 8.88. The van der Waals surface area contributed by atoms with Gasteiger partial charge in [0.25, 0.3) is 5.91 Å². The van der Waals surface area contributed by atoms with Crippen molar-refractivity contribution in [3.8, 4) is 0 Å². The molecule has 2 saturated heterocycles. The molecule has 1 aromatic carbocycles. The first-order chi connectivity index (χ1) is 15.3. The van der Waals surface area contributed by atoms with Crippen LogP contribution >= 0.6 is 11.3 Å². The molecule has 172 valence electrons. The fraction of sp³-hybridized carbons (Fsp3) is 0.455. The molecule has 10 heteroatoms. The number of benzene rings is 1. The van der Waals surface area contributed by atoms with E-state index in [-0.39, 0.29) is 18.4 Å². The summed E-state index contributed by atoms with van der Waals surface area (Å²) in [4.78, 5) is 31.3. The van der Waals surface area contributed by atoms with Gasteiger partial charge in [-0.25, -0.2) is 0 Å². The summed E-state index contributed by atoms with van der Waals surface area (Å²) in [5, 5.41) is 4.79. The van der Waals surface area contributed by atoms with Crippen molar-refractivity contribution in [2.75, 3.05) is 56.0 Å². The third kappa shape index (κ3) is 5.01. The number of anilines is 2. The lowest BCUT2D eigenvalue weighted by molar-refractivity contribution is -0.137. The Kier molecular flexibility index (Phi) is 6.59. The Morgan fingerprint density at radius 2 is 1.66 bits per heavy atom. The fourth-order valence-electron chi connectivity index (χ4n) is 4.09. The monoisotopic (exact) mass is 466 g/mol. The number of hydrogen-bond acceptors (Lipinski definition) is 5. The molecule has 1 aromatic heterocycles. The van der Waals surface area contributed by atoms with E-state index in [0.717, 1.165) is 38.1 Å². The SMILES string of the molecule is O=C(CNc1cc(C(F)(F)F)ccc1N1CCCC1)N1CCN(C(=O)c2cccs2)CC1. The highest BCUT2D eigenvalue weighted by atomic mass is 32.1. The first-order valence-electron chi connectivity index (χ1n) is 10.6. The van der Waals surface area contributed by atoms with Gasteiger partial charge in [0, 0.05) is 39.3 Å². The number of hydrogen-bond donors (Lipinski definition) is 1. The predicted molar refractivity (Wildman–Crippen MR) is 118 cm³/mol. The Morgan fingerprint density at radius 1 is 0.969 bits per heavy atom. The lowest BCUT2D eigenvalue weighted by atomic mass is 10.1. The molecule has 2 aliphatic rings. The average Bonchev–Trinajstić information content (AvgIpc) is 3.51. The van der Waals surface area contributed by atoms with Gasteiger partial charge in [-0.15, -0.1) is 11.3 Å². The molecule has 2 aromatic rings. The van der Waals surface area contributed by atoms with Crippen LogP contribution in [0.2, 0.25) is 0 Å². The first kappa shape index (κ1) is 22.4. The van der Waals surface area contributed by atoms with Gasteiger partial charge in [-0.3, -0.25) is 9.59 Å². The van der Waals surface area contributed by atoms with Crippen molar-refractivity contribution in [3.05, 3.63) is 46.2 Å². The van der Waals surface area contributed by atoms with Gasteiger partial charge in [0.1, 0.15) is 0 Å². The summed E-state index contributed by atoms with van der Waals surface area (Å²) in [6, 6.07) is 7.26. The third-order valence-electron chi connectivity index (χ3n) is 5.85. The Bertz CT molecular complexity index is 951. The van der Waals surface area contributed by atoms with Gasteiger partial charge < -0.3 is 20.0 Å². The van der Waals surface area contributed by atoms with Crippen molar-refractivity contribution >= 4 is 34.5 Å². The smallest absolute Gasteiger partial charge is 0.374 e. The Labute approximate surface area is 188 Å². The highest BCUT2D eigenvalue weighted by Crippen LogP contribution is 2.36. The lowest BCUT2D eigenvalue weighted by Crippen LogP contribution is -2.51. The van der Waals surface area contributed by atoms with E-state index >= 15 is 0 Å². The van der Waals surface area contributed by atoms with Gasteiger partial charge in [-0.2, -0.15) is 13.2 Å². The van der Waals surface area contributed by atoms with E-state index in [1.54, 1.807) is 15.9 Å². The van der Waals surface area contributed by atoms with Crippen molar-refractivity contribution in [2.24, 2.45) is 0 Å². The van der Waals surface area contributed by atoms with Crippen molar-refractivity contribution in [2.45, 2.75) is 19.0 Å². The summed E-state index contributed by atoms with van der Waals surface area (Å²) >= 11 is 1.39. The maximum Gasteiger partial charge on any atom is 0.416 e. The van der Waals surface area contributed by atoms with Crippen molar-refractivity contribution in [1.82, 2.24) is 9.80 Å². The van der Waals surface area contributed by atoms with Gasteiger partial charge in [0.2, 0.25) is 5.91 Å². The number of rotatable bonds is 5. The van der Waals surface area contributed by atoms with Crippen LogP contribution < -0.4 is 10.2 Å². The van der Waals surface area contributed by atoms with Crippen molar-refractivity contribution in [1.29, 1.82) is 0 Å². The number of amides is 2. The summed E-state index contributed by atoms with van der Waals surface area (Å²) < 4.78 is 39.7. The summed E-state index contributed by atoms with van der Waals surface area (Å²) in [5.74, 6) is -0.234. The highest BCUT2D eigenvalue weighted by Gasteiger charge is 2.32. The number of piperazine rings is 1. The number of carbonyl (C=O) groups is 2. The molecular formula is C22H25F3N4O2S. The van der Waals surface area contributed by atoms with E-state index in [2.05, 4.69) is 5.32 Å². The molecule has 3 heterocycles. The molecule has 0 spiro atoms. The van der Waals surface area contributed by atoms with Gasteiger partial charge >= 0.3 is 6.18 Å². The minimum Gasteiger partial charge on any atom is -0.374 e. The lowest BCUT2D eigenvalue weighted by Gasteiger charge is -2.34. The summed E-state index contributed by atoms with van der Waals surface area (Å²) in [5.41, 5.74) is 0.271. The number of carbonyl (C=O) groups excluding carboxylic acids is 2. The average molecular weight is 467 g/mol. The van der Waals surface area contributed by atoms with Crippen LogP contribution in [0.1, 0.15) is 28.1 Å². The summed E-state index contributed by atoms with van der Waals surface area (Å²) in [7, 11) is 0. The zero-order valence-electron chi connectivity index (χ0n) is 17.5. The van der Waals surface area contributed by atoms with Crippen molar-refractivity contribution < 1.29 is 22.8 Å². The van der Waals surface area contributed by atoms with Crippen LogP contribution in [0.25, 0.3) is 0 Å². The maximum atomic E-state index is 13.2. The highest BCUT2D eigenvalue weighted by molar-refractivity contribution is 7.12. The zero-order chi connectivity index (χ0) is 22.7. The molecule has 2 amide bonds. The Hall–Kier alpha value is -2.75. The molecule has 0 unspecified atom stereocenters. The molecule has 0 saturated carbocycles. The first-order valence-corrected chi connectivity index (χ1v) is 11.5. The van der Waals surface area contributed by atoms with Crippen LogP contribution in [-0.2, 0) is 11.0 Å². The molecule has 6 nitrogen and oxygen atoms in total. The molecule has 1 N–H and O–H groups in total. The number of halogens is 3. The van der Waals surface area contributed by atoms with Crippen LogP contribution in [-0.4, -0.2) is 67.4 Å². The van der Waals surface area contributed by atoms with Gasteiger partial charge in [0.15, 0.2) is 0 Å². The van der Waals surface area contributed by atoms with Gasteiger partial charge in [-0.05, 0) is 42.5 Å². The van der Waals surface area contributed by atoms with E-state index < -0.39 is 11.7 Å². The molecule has 0 atom stereocenters. The quantitative estimate of drug-likeness (QED) is 0.729. The number of alkyl halides is 3. The minimum absolute atomic E-state index is 0.0376. The molecule has 0 aliphatic carbocycles. The van der Waals surface area contributed by atoms with E-state index in [1.807, 2.05) is 16.3 Å². The minimum atomic E-state index is -4.45. The van der Waals surface area contributed by atoms with E-state index in [1.165, 1.54) is 17.4 Å². The number of nitrogens with one attached hydrogen (secondary N) is 1. The normalized spacial score (nSPS) is 17.0. The maximum absolute atomic E-state index is 13.2. The second-order valence-electron chi connectivity index (χ2n) is 7.93. The van der Waals surface area contributed by atoms with E-state index in [0.29, 0.717) is 42.4 Å². The number of nitrogens with zero attached hydrogens (tertiary/aromatic N) is 3. The van der Waals surface area contributed by atoms with Crippen LogP contribution in [0.5, 0.6) is 0 Å². The molecule has 32 heavy (non-hydrogen) atoms. The summed E-state index contributed by atoms with van der Waals surface area (Å²) in [6.45, 7) is 3.15. The molecule has 2 aliphatic heterocycles. The van der Waals surface area contributed by atoms with Crippen LogP contribution in [0.3, 0.4) is 0 Å². The standard InChI is InChI=1S/C22H25F3N4O2S/c23-22(24,25)16-5-6-18(27-7-1-2-8-27)17(14-16)26-15-20(30)28-9-11-29(12-10-28)21(31)19-4-3-13-32-19/h3-6,13-14,26H,1-2,7-12,15H2. The topological polar surface area (TPSA) is 55.9 Å². The molecule has 2 fully saturated rings. The second kappa shape index (κ2) is 9.40.